The van der Waals surface area contributed by atoms with E-state index < -0.39 is 0 Å². The molecular formula is C12H22N2O2. The molecule has 92 valence electrons. The van der Waals surface area contributed by atoms with Crippen LogP contribution in [-0.2, 0) is 9.53 Å². The summed E-state index contributed by atoms with van der Waals surface area (Å²) in [7, 11) is 2.08. The molecule has 4 nitrogen and oxygen atoms in total. The smallest absolute Gasteiger partial charge is 0.334 e. The Morgan fingerprint density at radius 2 is 2.25 bits per heavy atom. The molecule has 16 heavy (non-hydrogen) atoms. The van der Waals surface area contributed by atoms with Crippen molar-refractivity contribution in [3.8, 4) is 0 Å². The van der Waals surface area contributed by atoms with Crippen LogP contribution in [0.3, 0.4) is 0 Å². The number of esters is 1. The van der Waals surface area contributed by atoms with Gasteiger partial charge < -0.3 is 4.74 Å². The lowest BCUT2D eigenvalue weighted by atomic mass is 10.1. The van der Waals surface area contributed by atoms with Crippen LogP contribution in [0.15, 0.2) is 12.2 Å². The van der Waals surface area contributed by atoms with E-state index in [0.717, 1.165) is 13.0 Å². The van der Waals surface area contributed by atoms with Crippen LogP contribution in [0.2, 0.25) is 0 Å². The summed E-state index contributed by atoms with van der Waals surface area (Å²) in [6.45, 7) is 10.3. The van der Waals surface area contributed by atoms with Gasteiger partial charge in [-0.1, -0.05) is 6.58 Å². The second-order valence-electron chi connectivity index (χ2n) is 4.77. The molecule has 1 rings (SSSR count). The molecule has 2 unspecified atom stereocenters. The molecule has 0 aromatic rings. The normalized spacial score (nSPS) is 27.8. The van der Waals surface area contributed by atoms with Crippen molar-refractivity contribution in [2.24, 2.45) is 0 Å². The van der Waals surface area contributed by atoms with Gasteiger partial charge in [-0.15, -0.1) is 0 Å². The predicted octanol–water partition coefficient (Wildman–Crippen LogP) is 1.48. The third-order valence-electron chi connectivity index (χ3n) is 3.15. The van der Waals surface area contributed by atoms with Crippen molar-refractivity contribution in [2.75, 3.05) is 13.6 Å². The van der Waals surface area contributed by atoms with E-state index in [2.05, 4.69) is 30.8 Å². The highest BCUT2D eigenvalue weighted by atomic mass is 16.6. The first-order chi connectivity index (χ1) is 7.35. The lowest BCUT2D eigenvalue weighted by Crippen LogP contribution is -2.55. The number of nitrogens with one attached hydrogen (secondary N) is 1. The van der Waals surface area contributed by atoms with Crippen LogP contribution < -0.4 is 5.32 Å². The van der Waals surface area contributed by atoms with Crippen LogP contribution in [0.25, 0.3) is 0 Å². The van der Waals surface area contributed by atoms with Crippen LogP contribution in [0.1, 0.15) is 33.6 Å². The molecule has 0 saturated carbocycles. The summed E-state index contributed by atoms with van der Waals surface area (Å²) in [5.41, 5.74) is 0.355. The highest BCUT2D eigenvalue weighted by molar-refractivity contribution is 5.87. The molecule has 1 aliphatic rings. The summed E-state index contributed by atoms with van der Waals surface area (Å²) >= 11 is 0. The molecular weight excluding hydrogens is 204 g/mol. The molecule has 0 bridgehead atoms. The molecule has 2 atom stereocenters. The Labute approximate surface area is 97.6 Å². The van der Waals surface area contributed by atoms with Crippen molar-refractivity contribution in [1.29, 1.82) is 0 Å². The van der Waals surface area contributed by atoms with Gasteiger partial charge in [-0.2, -0.15) is 0 Å². The molecule has 1 saturated heterocycles. The van der Waals surface area contributed by atoms with Gasteiger partial charge >= 0.3 is 5.97 Å². The topological polar surface area (TPSA) is 41.6 Å². The Morgan fingerprint density at radius 3 is 2.69 bits per heavy atom. The summed E-state index contributed by atoms with van der Waals surface area (Å²) in [6, 6.07) is 0. The number of rotatable bonds is 4. The summed E-state index contributed by atoms with van der Waals surface area (Å²) in [6.07, 6.45) is 1.94. The zero-order valence-electron chi connectivity index (χ0n) is 10.7. The molecule has 1 N–H and O–H groups in total. The van der Waals surface area contributed by atoms with Crippen molar-refractivity contribution in [2.45, 2.75) is 45.5 Å². The highest BCUT2D eigenvalue weighted by Gasteiger charge is 2.35. The Hall–Kier alpha value is -0.870. The summed E-state index contributed by atoms with van der Waals surface area (Å²) in [5, 5.41) is 3.33. The van der Waals surface area contributed by atoms with Crippen LogP contribution in [0.4, 0.5) is 0 Å². The Morgan fingerprint density at radius 1 is 1.62 bits per heavy atom. The van der Waals surface area contributed by atoms with Gasteiger partial charge in [-0.3, -0.25) is 10.2 Å². The second kappa shape index (κ2) is 4.97. The zero-order valence-corrected chi connectivity index (χ0v) is 10.7. The first kappa shape index (κ1) is 13.2. The Balaban J connectivity index is 2.48. The fourth-order valence-electron chi connectivity index (χ4n) is 2.01. The number of carbonyl (C=O) groups excluding carboxylic acids is 1. The summed E-state index contributed by atoms with van der Waals surface area (Å²) in [4.78, 5) is 13.6. The van der Waals surface area contributed by atoms with Gasteiger partial charge in [0.15, 0.2) is 6.23 Å². The van der Waals surface area contributed by atoms with Crippen molar-refractivity contribution < 1.29 is 9.53 Å². The maximum absolute atomic E-state index is 11.3. The molecule has 0 aromatic carbocycles. The monoisotopic (exact) mass is 226 g/mol. The molecule has 1 fully saturated rings. The predicted molar refractivity (Wildman–Crippen MR) is 63.8 cm³/mol. The molecule has 0 radical (unpaired) electrons. The maximum atomic E-state index is 11.3. The van der Waals surface area contributed by atoms with Crippen molar-refractivity contribution >= 4 is 5.97 Å². The van der Waals surface area contributed by atoms with Gasteiger partial charge in [-0.25, -0.2) is 4.79 Å². The van der Waals surface area contributed by atoms with Crippen LogP contribution in [-0.4, -0.2) is 36.4 Å². The summed E-state index contributed by atoms with van der Waals surface area (Å²) < 4.78 is 5.21. The summed E-state index contributed by atoms with van der Waals surface area (Å²) in [5.74, 6) is -0.343. The van der Waals surface area contributed by atoms with E-state index in [4.69, 9.17) is 4.74 Å². The largest absolute Gasteiger partial charge is 0.443 e. The van der Waals surface area contributed by atoms with Crippen LogP contribution in [0, 0.1) is 0 Å². The van der Waals surface area contributed by atoms with E-state index >= 15 is 0 Å². The lowest BCUT2D eigenvalue weighted by Gasteiger charge is -2.35. The standard InChI is InChI=1S/C12H22N2O2/c1-9(2)11(15)16-10(3)13-12(4)7-6-8-14(12)5/h10,13H,1,6-8H2,2-5H3. The first-order valence-corrected chi connectivity index (χ1v) is 5.70. The third kappa shape index (κ3) is 3.06. The number of hydrogen-bond donors (Lipinski definition) is 1. The molecule has 1 heterocycles. The van der Waals surface area contributed by atoms with Crippen LogP contribution >= 0.6 is 0 Å². The van der Waals surface area contributed by atoms with E-state index in [1.807, 2.05) is 6.92 Å². The van der Waals surface area contributed by atoms with Gasteiger partial charge in [0.05, 0.1) is 5.66 Å². The quantitative estimate of drug-likeness (QED) is 0.448. The lowest BCUT2D eigenvalue weighted by molar-refractivity contribution is -0.146. The second-order valence-corrected chi connectivity index (χ2v) is 4.77. The van der Waals surface area contributed by atoms with E-state index in [9.17, 15) is 4.79 Å². The van der Waals surface area contributed by atoms with Gasteiger partial charge in [0, 0.05) is 5.57 Å². The molecule has 0 aliphatic carbocycles. The zero-order chi connectivity index (χ0) is 12.3. The fourth-order valence-corrected chi connectivity index (χ4v) is 2.01. The van der Waals surface area contributed by atoms with Gasteiger partial charge in [-0.05, 0) is 47.2 Å². The number of ether oxygens (including phenoxy) is 1. The maximum Gasteiger partial charge on any atom is 0.334 e. The minimum Gasteiger partial charge on any atom is -0.443 e. The molecule has 0 amide bonds. The molecule has 0 spiro atoms. The molecule has 1 aliphatic heterocycles. The minimum absolute atomic E-state index is 0.0746. The average Bonchev–Trinajstić information content (AvgIpc) is 2.46. The Kier molecular flexibility index (Phi) is 4.10. The van der Waals surface area contributed by atoms with Crippen molar-refractivity contribution in [3.05, 3.63) is 12.2 Å². The van der Waals surface area contributed by atoms with Crippen LogP contribution in [0.5, 0.6) is 0 Å². The van der Waals surface area contributed by atoms with Crippen molar-refractivity contribution in [1.82, 2.24) is 10.2 Å². The van der Waals surface area contributed by atoms with E-state index in [1.165, 1.54) is 6.42 Å². The number of nitrogens with zero attached hydrogens (tertiary/aromatic N) is 1. The fraction of sp³-hybridized carbons (Fsp3) is 0.750. The number of hydrogen-bond acceptors (Lipinski definition) is 4. The van der Waals surface area contributed by atoms with E-state index in [1.54, 1.807) is 6.92 Å². The SMILES string of the molecule is C=C(C)C(=O)OC(C)NC1(C)CCCN1C. The van der Waals surface area contributed by atoms with Gasteiger partial charge in [0.1, 0.15) is 0 Å². The number of carbonyl (C=O) groups is 1. The third-order valence-corrected chi connectivity index (χ3v) is 3.15. The highest BCUT2D eigenvalue weighted by Crippen LogP contribution is 2.24. The molecule has 0 aromatic heterocycles. The Bertz CT molecular complexity index is 291. The first-order valence-electron chi connectivity index (χ1n) is 5.70. The van der Waals surface area contributed by atoms with Crippen molar-refractivity contribution in [3.63, 3.8) is 0 Å². The van der Waals surface area contributed by atoms with Gasteiger partial charge in [0.2, 0.25) is 0 Å². The average molecular weight is 226 g/mol. The molecule has 4 heteroatoms. The minimum atomic E-state index is -0.343. The van der Waals surface area contributed by atoms with E-state index in [0.29, 0.717) is 5.57 Å². The number of likely N-dealkylation sites (tertiary alicyclic amines) is 1. The van der Waals surface area contributed by atoms with E-state index in [-0.39, 0.29) is 17.9 Å². The van der Waals surface area contributed by atoms with Gasteiger partial charge in [0.25, 0.3) is 0 Å².